The Morgan fingerprint density at radius 1 is 0.917 bits per heavy atom. The number of carbonyl (C=O) groups excluding carboxylic acids is 4. The van der Waals surface area contributed by atoms with E-state index in [9.17, 15) is 38.8 Å². The number of aliphatic hydroxyl groups excluding tert-OH is 1. The standard InChI is InChI=1S/C34H26Cl2FN3O8/c35-33-17-25-22(12-13-24-27(25)30(43)38(29(24)42)20-4-3-5-21(16-20)40(46)47)28(23-6-1-2-7-26(23)48-15-14-41)34(33,36)32(45)39(31(33)44)19-10-8-18(37)9-11-19/h1-12,16,24-25,27-28,41H,13-15,17H2. The van der Waals surface area contributed by atoms with Crippen molar-refractivity contribution in [3.05, 3.63) is 106 Å². The van der Waals surface area contributed by atoms with Crippen LogP contribution in [0.5, 0.6) is 5.75 Å². The molecule has 3 aromatic rings. The molecule has 0 radical (unpaired) electrons. The minimum atomic E-state index is -2.17. The summed E-state index contributed by atoms with van der Waals surface area (Å²) in [4.78, 5) is 65.3. The molecular weight excluding hydrogens is 668 g/mol. The highest BCUT2D eigenvalue weighted by molar-refractivity contribution is 6.58. The number of nitro benzene ring substituents is 1. The van der Waals surface area contributed by atoms with Crippen LogP contribution in [0.2, 0.25) is 0 Å². The summed E-state index contributed by atoms with van der Waals surface area (Å²) in [6.07, 6.45) is 1.53. The molecule has 1 saturated carbocycles. The zero-order chi connectivity index (χ0) is 34.1. The van der Waals surface area contributed by atoms with Gasteiger partial charge in [-0.1, -0.05) is 35.9 Å². The minimum absolute atomic E-state index is 0.0344. The highest BCUT2D eigenvalue weighted by atomic mass is 35.5. The average Bonchev–Trinajstić information content (AvgIpc) is 3.42. The molecule has 1 N–H and O–H groups in total. The number of imide groups is 2. The van der Waals surface area contributed by atoms with Gasteiger partial charge in [-0.3, -0.25) is 29.3 Å². The first kappa shape index (κ1) is 31.9. The van der Waals surface area contributed by atoms with Gasteiger partial charge in [0, 0.05) is 23.6 Å². The molecule has 7 rings (SSSR count). The van der Waals surface area contributed by atoms with Crippen molar-refractivity contribution in [1.82, 2.24) is 0 Å². The van der Waals surface area contributed by atoms with E-state index in [2.05, 4.69) is 0 Å². The molecule has 0 aromatic heterocycles. The third-order valence-electron chi connectivity index (χ3n) is 9.77. The monoisotopic (exact) mass is 693 g/mol. The van der Waals surface area contributed by atoms with Crippen LogP contribution in [0.15, 0.2) is 84.4 Å². The number of amides is 4. The van der Waals surface area contributed by atoms with Crippen LogP contribution in [0, 0.1) is 33.7 Å². The number of carbonyl (C=O) groups is 4. The van der Waals surface area contributed by atoms with Gasteiger partial charge in [0.05, 0.1) is 34.7 Å². The fourth-order valence-electron chi connectivity index (χ4n) is 7.75. The lowest BCUT2D eigenvalue weighted by Gasteiger charge is -2.50. The van der Waals surface area contributed by atoms with E-state index in [0.29, 0.717) is 11.1 Å². The first-order chi connectivity index (χ1) is 22.9. The number of alkyl halides is 2. The number of rotatable bonds is 7. The first-order valence-corrected chi connectivity index (χ1v) is 15.9. The summed E-state index contributed by atoms with van der Waals surface area (Å²) in [7, 11) is 0. The molecule has 14 heteroatoms. The number of nitro groups is 1. The number of ether oxygens (including phenoxy) is 1. The zero-order valence-electron chi connectivity index (χ0n) is 24.9. The third kappa shape index (κ3) is 4.42. The number of benzene rings is 3. The largest absolute Gasteiger partial charge is 0.491 e. The van der Waals surface area contributed by atoms with Gasteiger partial charge in [0.15, 0.2) is 9.75 Å². The summed E-state index contributed by atoms with van der Waals surface area (Å²) in [5, 5.41) is 21.0. The van der Waals surface area contributed by atoms with E-state index in [-0.39, 0.29) is 48.9 Å². The Labute approximate surface area is 282 Å². The van der Waals surface area contributed by atoms with Gasteiger partial charge in [-0.15, -0.1) is 23.2 Å². The van der Waals surface area contributed by atoms with Crippen molar-refractivity contribution in [2.45, 2.75) is 28.5 Å². The van der Waals surface area contributed by atoms with Crippen molar-refractivity contribution < 1.29 is 38.3 Å². The molecule has 4 aliphatic rings. The predicted molar refractivity (Wildman–Crippen MR) is 171 cm³/mol. The van der Waals surface area contributed by atoms with E-state index in [0.717, 1.165) is 28.0 Å². The number of hydrogen-bond donors (Lipinski definition) is 1. The normalized spacial score (nSPS) is 29.4. The molecule has 2 aliphatic heterocycles. The molecule has 6 unspecified atom stereocenters. The van der Waals surface area contributed by atoms with Crippen LogP contribution >= 0.6 is 23.2 Å². The molecule has 3 fully saturated rings. The maximum Gasteiger partial charge on any atom is 0.271 e. The van der Waals surface area contributed by atoms with E-state index in [1.165, 1.54) is 30.3 Å². The van der Waals surface area contributed by atoms with Crippen LogP contribution in [-0.2, 0) is 19.2 Å². The Kier molecular flexibility index (Phi) is 7.65. The highest BCUT2D eigenvalue weighted by Gasteiger charge is 2.77. The van der Waals surface area contributed by atoms with Gasteiger partial charge in [-0.2, -0.15) is 0 Å². The van der Waals surface area contributed by atoms with Gasteiger partial charge < -0.3 is 9.84 Å². The summed E-state index contributed by atoms with van der Waals surface area (Å²) in [5.41, 5.74) is 0.651. The van der Waals surface area contributed by atoms with E-state index in [1.807, 2.05) is 0 Å². The topological polar surface area (TPSA) is 147 Å². The molecule has 2 aliphatic carbocycles. The van der Waals surface area contributed by atoms with Crippen molar-refractivity contribution in [3.63, 3.8) is 0 Å². The van der Waals surface area contributed by atoms with Crippen LogP contribution in [-0.4, -0.2) is 56.6 Å². The van der Waals surface area contributed by atoms with E-state index in [4.69, 9.17) is 27.9 Å². The van der Waals surface area contributed by atoms with E-state index in [1.54, 1.807) is 30.3 Å². The fraction of sp³-hybridized carbons (Fsp3) is 0.294. The van der Waals surface area contributed by atoms with Crippen molar-refractivity contribution in [1.29, 1.82) is 0 Å². The van der Waals surface area contributed by atoms with Crippen LogP contribution in [0.4, 0.5) is 21.5 Å². The fourth-order valence-corrected chi connectivity index (χ4v) is 8.68. The summed E-state index contributed by atoms with van der Waals surface area (Å²) >= 11 is 14.8. The molecule has 246 valence electrons. The van der Waals surface area contributed by atoms with E-state index >= 15 is 0 Å². The number of non-ortho nitro benzene ring substituents is 1. The molecule has 48 heavy (non-hydrogen) atoms. The Bertz CT molecular complexity index is 1940. The lowest BCUT2D eigenvalue weighted by atomic mass is 9.56. The van der Waals surface area contributed by atoms with Gasteiger partial charge in [0.2, 0.25) is 11.8 Å². The molecule has 0 spiro atoms. The summed E-state index contributed by atoms with van der Waals surface area (Å²) < 4.78 is 19.7. The molecule has 3 aromatic carbocycles. The number of halogens is 3. The van der Waals surface area contributed by atoms with Crippen molar-refractivity contribution in [2.75, 3.05) is 23.0 Å². The van der Waals surface area contributed by atoms with Gasteiger partial charge in [0.25, 0.3) is 17.5 Å². The number of fused-ring (bicyclic) bond motifs is 4. The Balaban J connectivity index is 1.39. The minimum Gasteiger partial charge on any atom is -0.491 e. The number of para-hydroxylation sites is 1. The molecule has 2 heterocycles. The van der Waals surface area contributed by atoms with Crippen LogP contribution in [0.25, 0.3) is 0 Å². The summed E-state index contributed by atoms with van der Waals surface area (Å²) in [6.45, 7) is -0.419. The number of aliphatic hydroxyl groups is 1. The number of hydrogen-bond acceptors (Lipinski definition) is 8. The summed E-state index contributed by atoms with van der Waals surface area (Å²) in [5.74, 6) is -7.18. The molecule has 2 saturated heterocycles. The highest BCUT2D eigenvalue weighted by Crippen LogP contribution is 2.66. The van der Waals surface area contributed by atoms with Crippen molar-refractivity contribution in [2.24, 2.45) is 17.8 Å². The second-order valence-electron chi connectivity index (χ2n) is 12.1. The average molecular weight is 694 g/mol. The first-order valence-electron chi connectivity index (χ1n) is 15.1. The second kappa shape index (κ2) is 11.5. The number of anilines is 2. The van der Waals surface area contributed by atoms with Crippen LogP contribution < -0.4 is 14.5 Å². The summed E-state index contributed by atoms with van der Waals surface area (Å²) in [6, 6.07) is 16.5. The van der Waals surface area contributed by atoms with Crippen molar-refractivity contribution in [3.8, 4) is 5.75 Å². The lowest BCUT2D eigenvalue weighted by molar-refractivity contribution is -0.384. The van der Waals surface area contributed by atoms with Crippen LogP contribution in [0.1, 0.15) is 24.3 Å². The van der Waals surface area contributed by atoms with Gasteiger partial charge >= 0.3 is 0 Å². The molecule has 11 nitrogen and oxygen atoms in total. The number of nitrogens with zero attached hydrogens (tertiary/aromatic N) is 3. The molecule has 6 atom stereocenters. The Morgan fingerprint density at radius 2 is 1.65 bits per heavy atom. The lowest BCUT2D eigenvalue weighted by Crippen LogP contribution is -2.60. The maximum atomic E-state index is 14.5. The zero-order valence-corrected chi connectivity index (χ0v) is 26.4. The molecular formula is C34H26Cl2FN3O8. The van der Waals surface area contributed by atoms with E-state index < -0.39 is 67.8 Å². The smallest absolute Gasteiger partial charge is 0.271 e. The maximum absolute atomic E-state index is 14.5. The van der Waals surface area contributed by atoms with Crippen molar-refractivity contribution >= 4 is 63.9 Å². The Hall–Kier alpha value is -4.65. The van der Waals surface area contributed by atoms with Gasteiger partial charge in [-0.05, 0) is 55.2 Å². The Morgan fingerprint density at radius 3 is 2.35 bits per heavy atom. The third-order valence-corrected chi connectivity index (χ3v) is 11.2. The van der Waals surface area contributed by atoms with Gasteiger partial charge in [-0.25, -0.2) is 14.2 Å². The number of allylic oxidation sites excluding steroid dienone is 2. The predicted octanol–water partition coefficient (Wildman–Crippen LogP) is 4.87. The molecule has 0 bridgehead atoms. The van der Waals surface area contributed by atoms with Gasteiger partial charge in [0.1, 0.15) is 18.2 Å². The molecule has 4 amide bonds. The quantitative estimate of drug-likeness (QED) is 0.121. The van der Waals surface area contributed by atoms with Crippen LogP contribution in [0.3, 0.4) is 0 Å². The second-order valence-corrected chi connectivity index (χ2v) is 13.4. The SMILES string of the molecule is O=C1C2CC=C3C(CC4(Cl)C(=O)N(c5ccc(F)cc5)C(=O)C4(Cl)C3c3ccccc3OCCO)C2C(=O)N1c1cccc([N+](=O)[O-])c1.